The predicted octanol–water partition coefficient (Wildman–Crippen LogP) is 1.64. The van der Waals surface area contributed by atoms with Crippen LogP contribution in [-0.4, -0.2) is 18.8 Å². The summed E-state index contributed by atoms with van der Waals surface area (Å²) in [5.74, 6) is 0.701. The zero-order valence-corrected chi connectivity index (χ0v) is 7.00. The molecule has 0 unspecified atom stereocenters. The van der Waals surface area contributed by atoms with Gasteiger partial charge in [-0.1, -0.05) is 12.7 Å². The Kier molecular flexibility index (Phi) is 5.21. The van der Waals surface area contributed by atoms with Crippen LogP contribution in [0.15, 0.2) is 36.1 Å². The monoisotopic (exact) mass is 154 g/mol. The zero-order valence-electron chi connectivity index (χ0n) is 7.00. The standard InChI is InChI=1S/C9H14O2/c1-4-5-9(11-3)6-8(2)7-10/h4-6,10H,2,7H2,1,3H3. The minimum absolute atomic E-state index is 0.0373. The molecule has 2 heteroatoms. The highest BCUT2D eigenvalue weighted by molar-refractivity contribution is 5.24. The third-order valence-electron chi connectivity index (χ3n) is 1.12. The van der Waals surface area contributed by atoms with Crippen LogP contribution >= 0.6 is 0 Å². The molecule has 0 rings (SSSR count). The van der Waals surface area contributed by atoms with Gasteiger partial charge >= 0.3 is 0 Å². The average Bonchev–Trinajstić information content (AvgIpc) is 2.03. The molecule has 0 bridgehead atoms. The lowest BCUT2D eigenvalue weighted by Gasteiger charge is -1.99. The zero-order chi connectivity index (χ0) is 8.69. The molecule has 0 aliphatic rings. The van der Waals surface area contributed by atoms with Crippen molar-refractivity contribution in [2.45, 2.75) is 6.92 Å². The Morgan fingerprint density at radius 2 is 2.27 bits per heavy atom. The quantitative estimate of drug-likeness (QED) is 0.492. The van der Waals surface area contributed by atoms with E-state index in [9.17, 15) is 0 Å². The van der Waals surface area contributed by atoms with Gasteiger partial charge in [0, 0.05) is 0 Å². The van der Waals surface area contributed by atoms with E-state index in [0.717, 1.165) is 0 Å². The summed E-state index contributed by atoms with van der Waals surface area (Å²) >= 11 is 0. The lowest BCUT2D eigenvalue weighted by atomic mass is 10.2. The van der Waals surface area contributed by atoms with Crippen molar-refractivity contribution < 1.29 is 9.84 Å². The Bertz CT molecular complexity index is 178. The van der Waals surface area contributed by atoms with Crippen LogP contribution in [0.4, 0.5) is 0 Å². The van der Waals surface area contributed by atoms with Crippen molar-refractivity contribution in [1.82, 2.24) is 0 Å². The number of ether oxygens (including phenoxy) is 1. The summed E-state index contributed by atoms with van der Waals surface area (Å²) in [4.78, 5) is 0. The third-order valence-corrected chi connectivity index (χ3v) is 1.12. The summed E-state index contributed by atoms with van der Waals surface area (Å²) in [5, 5.41) is 8.62. The highest BCUT2D eigenvalue weighted by Gasteiger charge is 1.90. The first kappa shape index (κ1) is 9.98. The van der Waals surface area contributed by atoms with Gasteiger partial charge in [0.1, 0.15) is 5.76 Å². The molecule has 1 N–H and O–H groups in total. The molecule has 0 aromatic rings. The topological polar surface area (TPSA) is 29.5 Å². The molecule has 0 atom stereocenters. The molecule has 11 heavy (non-hydrogen) atoms. The van der Waals surface area contributed by atoms with Gasteiger partial charge in [-0.25, -0.2) is 0 Å². The van der Waals surface area contributed by atoms with Crippen LogP contribution in [0.25, 0.3) is 0 Å². The van der Waals surface area contributed by atoms with E-state index in [-0.39, 0.29) is 6.61 Å². The second-order valence-corrected chi connectivity index (χ2v) is 2.07. The fourth-order valence-electron chi connectivity index (χ4n) is 0.586. The van der Waals surface area contributed by atoms with Crippen LogP contribution < -0.4 is 0 Å². The molecule has 0 heterocycles. The lowest BCUT2D eigenvalue weighted by Crippen LogP contribution is -1.87. The number of allylic oxidation sites excluding steroid dienone is 2. The molecule has 0 aliphatic heterocycles. The molecule has 2 nitrogen and oxygen atoms in total. The summed E-state index contributed by atoms with van der Waals surface area (Å²) in [6, 6.07) is 0. The molecule has 62 valence electrons. The summed E-state index contributed by atoms with van der Waals surface area (Å²) in [7, 11) is 1.58. The fourth-order valence-corrected chi connectivity index (χ4v) is 0.586. The van der Waals surface area contributed by atoms with E-state index in [1.165, 1.54) is 0 Å². The molecule has 0 aliphatic carbocycles. The van der Waals surface area contributed by atoms with Crippen LogP contribution in [0.3, 0.4) is 0 Å². The molecule has 0 saturated heterocycles. The molecule has 0 spiro atoms. The van der Waals surface area contributed by atoms with Gasteiger partial charge in [-0.3, -0.25) is 0 Å². The highest BCUT2D eigenvalue weighted by atomic mass is 16.5. The molecular formula is C9H14O2. The van der Waals surface area contributed by atoms with E-state index in [1.54, 1.807) is 19.3 Å². The molecule has 0 saturated carbocycles. The van der Waals surface area contributed by atoms with Crippen molar-refractivity contribution in [3.63, 3.8) is 0 Å². The number of aliphatic hydroxyl groups is 1. The molecule has 0 amide bonds. The average molecular weight is 154 g/mol. The van der Waals surface area contributed by atoms with Crippen LogP contribution in [0.1, 0.15) is 6.92 Å². The van der Waals surface area contributed by atoms with Gasteiger partial charge in [-0.15, -0.1) is 0 Å². The lowest BCUT2D eigenvalue weighted by molar-refractivity contribution is 0.303. The molecule has 0 radical (unpaired) electrons. The smallest absolute Gasteiger partial charge is 0.118 e. The van der Waals surface area contributed by atoms with Crippen molar-refractivity contribution in [3.05, 3.63) is 36.1 Å². The van der Waals surface area contributed by atoms with Crippen molar-refractivity contribution in [2.24, 2.45) is 0 Å². The van der Waals surface area contributed by atoms with Crippen LogP contribution in [0.5, 0.6) is 0 Å². The number of aliphatic hydroxyl groups excluding tert-OH is 1. The van der Waals surface area contributed by atoms with E-state index >= 15 is 0 Å². The van der Waals surface area contributed by atoms with Gasteiger partial charge in [0.05, 0.1) is 13.7 Å². The number of rotatable bonds is 4. The largest absolute Gasteiger partial charge is 0.497 e. The first-order valence-electron chi connectivity index (χ1n) is 3.41. The van der Waals surface area contributed by atoms with E-state index < -0.39 is 0 Å². The first-order valence-corrected chi connectivity index (χ1v) is 3.41. The Balaban J connectivity index is 4.22. The maximum atomic E-state index is 8.62. The van der Waals surface area contributed by atoms with Crippen molar-refractivity contribution >= 4 is 0 Å². The van der Waals surface area contributed by atoms with Crippen LogP contribution in [0.2, 0.25) is 0 Å². The van der Waals surface area contributed by atoms with Crippen LogP contribution in [-0.2, 0) is 4.74 Å². The Labute approximate surface area is 67.5 Å². The SMILES string of the molecule is C=C(C=C(C=CC)OC)CO. The minimum atomic E-state index is -0.0373. The van der Waals surface area contributed by atoms with E-state index in [0.29, 0.717) is 11.3 Å². The molecule has 0 aromatic heterocycles. The van der Waals surface area contributed by atoms with E-state index in [1.807, 2.05) is 13.0 Å². The van der Waals surface area contributed by atoms with Gasteiger partial charge in [0.15, 0.2) is 0 Å². The maximum Gasteiger partial charge on any atom is 0.118 e. The summed E-state index contributed by atoms with van der Waals surface area (Å²) in [6.45, 7) is 5.46. The number of methoxy groups -OCH3 is 1. The second kappa shape index (κ2) is 5.74. The molecule has 0 fully saturated rings. The van der Waals surface area contributed by atoms with E-state index in [2.05, 4.69) is 6.58 Å². The first-order chi connectivity index (χ1) is 5.24. The number of hydrogen-bond acceptors (Lipinski definition) is 2. The third kappa shape index (κ3) is 4.39. The summed E-state index contributed by atoms with van der Waals surface area (Å²) in [5.41, 5.74) is 0.639. The van der Waals surface area contributed by atoms with E-state index in [4.69, 9.17) is 9.84 Å². The Morgan fingerprint density at radius 3 is 2.64 bits per heavy atom. The Hall–Kier alpha value is -1.02. The fraction of sp³-hybridized carbons (Fsp3) is 0.333. The van der Waals surface area contributed by atoms with Gasteiger partial charge in [-0.05, 0) is 24.6 Å². The highest BCUT2D eigenvalue weighted by Crippen LogP contribution is 2.02. The summed E-state index contributed by atoms with van der Waals surface area (Å²) < 4.78 is 4.97. The molecule has 0 aromatic carbocycles. The second-order valence-electron chi connectivity index (χ2n) is 2.07. The predicted molar refractivity (Wildman–Crippen MR) is 46.1 cm³/mol. The minimum Gasteiger partial charge on any atom is -0.497 e. The van der Waals surface area contributed by atoms with Gasteiger partial charge in [0.25, 0.3) is 0 Å². The van der Waals surface area contributed by atoms with Crippen molar-refractivity contribution in [2.75, 3.05) is 13.7 Å². The Morgan fingerprint density at radius 1 is 1.64 bits per heavy atom. The van der Waals surface area contributed by atoms with Crippen molar-refractivity contribution in [3.8, 4) is 0 Å². The maximum absolute atomic E-state index is 8.62. The van der Waals surface area contributed by atoms with Gasteiger partial charge < -0.3 is 9.84 Å². The van der Waals surface area contributed by atoms with Crippen LogP contribution in [0, 0.1) is 0 Å². The number of hydrogen-bond donors (Lipinski definition) is 1. The normalized spacial score (nSPS) is 12.1. The van der Waals surface area contributed by atoms with Crippen molar-refractivity contribution in [1.29, 1.82) is 0 Å². The molecular weight excluding hydrogens is 140 g/mol. The van der Waals surface area contributed by atoms with Gasteiger partial charge in [0.2, 0.25) is 0 Å². The summed E-state index contributed by atoms with van der Waals surface area (Å²) in [6.07, 6.45) is 5.36. The van der Waals surface area contributed by atoms with Gasteiger partial charge in [-0.2, -0.15) is 0 Å².